The molecular weight excluding hydrogens is 217 g/mol. The fourth-order valence-corrected chi connectivity index (χ4v) is 0.957. The quantitative estimate of drug-likeness (QED) is 0.632. The zero-order chi connectivity index (χ0) is 10.9. The molecule has 5 nitrogen and oxygen atoms in total. The number of hydrogen-bond donors (Lipinski definition) is 1. The Bertz CT molecular complexity index is 291. The molecule has 78 valence electrons. The highest BCUT2D eigenvalue weighted by Crippen LogP contribution is 2.26. The van der Waals surface area contributed by atoms with Crippen LogP contribution in [-0.2, 0) is 19.4 Å². The molecule has 0 rings (SSSR count). The topological polar surface area (TPSA) is 80.7 Å². The summed E-state index contributed by atoms with van der Waals surface area (Å²) in [5.74, 6) is -1.88. The van der Waals surface area contributed by atoms with Crippen molar-refractivity contribution in [2.45, 2.75) is 10.9 Å². The number of aliphatic hydroxyl groups excluding tert-OH is 1. The van der Waals surface area contributed by atoms with Gasteiger partial charge in [-0.1, -0.05) is 0 Å². The highest BCUT2D eigenvalue weighted by molar-refractivity contribution is 7.93. The van der Waals surface area contributed by atoms with E-state index in [9.17, 15) is 26.4 Å². The average molecular weight is 222 g/mol. The summed E-state index contributed by atoms with van der Waals surface area (Å²) in [6.07, 6.45) is 0. The number of sulfone groups is 1. The van der Waals surface area contributed by atoms with Gasteiger partial charge in [0.15, 0.2) is 0 Å². The van der Waals surface area contributed by atoms with E-state index in [4.69, 9.17) is 5.11 Å². The lowest BCUT2D eigenvalue weighted by molar-refractivity contribution is -0.146. The van der Waals surface area contributed by atoms with Crippen LogP contribution in [0.1, 0.15) is 0 Å². The molecule has 9 heteroatoms. The second-order valence-corrected chi connectivity index (χ2v) is 3.87. The van der Waals surface area contributed by atoms with Crippen molar-refractivity contribution < 1.29 is 36.2 Å². The van der Waals surface area contributed by atoms with Crippen molar-refractivity contribution in [3.05, 3.63) is 0 Å². The molecule has 1 atom stereocenters. The Morgan fingerprint density at radius 3 is 2.08 bits per heavy atom. The number of halogens is 3. The van der Waals surface area contributed by atoms with Crippen LogP contribution in [-0.4, -0.2) is 37.5 Å². The molecule has 0 aliphatic rings. The van der Waals surface area contributed by atoms with Gasteiger partial charge in [-0.05, 0) is 0 Å². The van der Waals surface area contributed by atoms with Gasteiger partial charge in [0, 0.05) is 0 Å². The molecule has 0 spiro atoms. The summed E-state index contributed by atoms with van der Waals surface area (Å²) < 4.78 is 59.1. The first-order valence-electron chi connectivity index (χ1n) is 2.70. The molecule has 0 aliphatic heterocycles. The molecule has 0 saturated heterocycles. The molecule has 0 aromatic carbocycles. The Kier molecular flexibility index (Phi) is 3.28. The molecule has 0 aliphatic carbocycles. The molecule has 0 aromatic rings. The van der Waals surface area contributed by atoms with Gasteiger partial charge in [-0.3, -0.25) is 0 Å². The van der Waals surface area contributed by atoms with Crippen LogP contribution in [0.25, 0.3) is 0 Å². The molecule has 0 saturated carbocycles. The molecule has 0 heterocycles. The minimum Gasteiger partial charge on any atom is -0.466 e. The number of methoxy groups -OCH3 is 1. The van der Waals surface area contributed by atoms with Crippen molar-refractivity contribution in [2.75, 3.05) is 7.11 Å². The predicted molar refractivity (Wildman–Crippen MR) is 33.0 cm³/mol. The van der Waals surface area contributed by atoms with Gasteiger partial charge in [0.2, 0.25) is 0 Å². The number of carbonyl (C=O) groups is 1. The Balaban J connectivity index is 4.99. The monoisotopic (exact) mass is 222 g/mol. The maximum atomic E-state index is 11.6. The number of alkyl halides is 3. The Labute approximate surface area is 71.0 Å². The number of esters is 1. The van der Waals surface area contributed by atoms with E-state index in [0.29, 0.717) is 7.11 Å². The molecule has 1 N–H and O–H groups in total. The maximum absolute atomic E-state index is 11.6. The number of hydrogen-bond acceptors (Lipinski definition) is 5. The van der Waals surface area contributed by atoms with Gasteiger partial charge in [-0.25, -0.2) is 13.2 Å². The highest BCUT2D eigenvalue weighted by Gasteiger charge is 2.53. The van der Waals surface area contributed by atoms with Gasteiger partial charge in [0.1, 0.15) is 0 Å². The largest absolute Gasteiger partial charge is 0.500 e. The number of carbonyl (C=O) groups excluding carboxylic acids is 1. The van der Waals surface area contributed by atoms with Crippen LogP contribution in [0, 0.1) is 0 Å². The lowest BCUT2D eigenvalue weighted by atomic mass is 10.7. The van der Waals surface area contributed by atoms with Crippen LogP contribution in [0.5, 0.6) is 0 Å². The normalized spacial score (nSPS) is 15.2. The van der Waals surface area contributed by atoms with Crippen molar-refractivity contribution in [1.29, 1.82) is 0 Å². The van der Waals surface area contributed by atoms with E-state index in [0.717, 1.165) is 0 Å². The van der Waals surface area contributed by atoms with Gasteiger partial charge in [-0.2, -0.15) is 13.2 Å². The van der Waals surface area contributed by atoms with E-state index >= 15 is 0 Å². The van der Waals surface area contributed by atoms with Crippen LogP contribution in [0.2, 0.25) is 0 Å². The summed E-state index contributed by atoms with van der Waals surface area (Å²) in [4.78, 5) is 10.3. The van der Waals surface area contributed by atoms with Gasteiger partial charge < -0.3 is 9.84 Å². The second kappa shape index (κ2) is 3.50. The molecule has 0 fully saturated rings. The summed E-state index contributed by atoms with van der Waals surface area (Å²) >= 11 is 0. The molecule has 0 aromatic heterocycles. The van der Waals surface area contributed by atoms with Crippen molar-refractivity contribution in [2.24, 2.45) is 0 Å². The van der Waals surface area contributed by atoms with E-state index in [1.165, 1.54) is 0 Å². The van der Waals surface area contributed by atoms with Crippen LogP contribution >= 0.6 is 0 Å². The first-order valence-corrected chi connectivity index (χ1v) is 4.25. The summed E-state index contributed by atoms with van der Waals surface area (Å²) in [5, 5.41) is 8.40. The third kappa shape index (κ3) is 2.31. The van der Waals surface area contributed by atoms with Crippen molar-refractivity contribution >= 4 is 15.8 Å². The average Bonchev–Trinajstić information content (AvgIpc) is 1.99. The number of ether oxygens (including phenoxy) is 1. The second-order valence-electron chi connectivity index (χ2n) is 1.87. The van der Waals surface area contributed by atoms with E-state index in [1.807, 2.05) is 0 Å². The van der Waals surface area contributed by atoms with E-state index < -0.39 is 26.8 Å². The van der Waals surface area contributed by atoms with Gasteiger partial charge >= 0.3 is 11.5 Å². The van der Waals surface area contributed by atoms with Gasteiger partial charge in [0.25, 0.3) is 15.3 Å². The molecule has 0 amide bonds. The third-order valence-electron chi connectivity index (χ3n) is 1.02. The lowest BCUT2D eigenvalue weighted by Gasteiger charge is -2.11. The van der Waals surface area contributed by atoms with Crippen LogP contribution in [0.3, 0.4) is 0 Å². The van der Waals surface area contributed by atoms with E-state index in [-0.39, 0.29) is 0 Å². The zero-order valence-corrected chi connectivity index (χ0v) is 7.02. The predicted octanol–water partition coefficient (Wildman–Crippen LogP) is -0.588. The number of aliphatic hydroxyl groups is 1. The number of rotatable bonds is 2. The molecular formula is C4H5F3O5S. The molecule has 0 bridgehead atoms. The lowest BCUT2D eigenvalue weighted by Crippen LogP contribution is -2.39. The highest BCUT2D eigenvalue weighted by atomic mass is 32.2. The standard InChI is InChI=1S/C4H5F3O5S/c1-12-2(8)3(9)13(10,11)4(5,6)7/h3,9H,1H3. The van der Waals surface area contributed by atoms with Crippen LogP contribution < -0.4 is 0 Å². The van der Waals surface area contributed by atoms with E-state index in [1.54, 1.807) is 0 Å². The van der Waals surface area contributed by atoms with Gasteiger partial charge in [-0.15, -0.1) is 0 Å². The molecule has 1 unspecified atom stereocenters. The third-order valence-corrected chi connectivity index (χ3v) is 2.44. The van der Waals surface area contributed by atoms with Crippen LogP contribution in [0.15, 0.2) is 0 Å². The smallest absolute Gasteiger partial charge is 0.466 e. The summed E-state index contributed by atoms with van der Waals surface area (Å²) in [6, 6.07) is 0. The molecule has 0 radical (unpaired) electrons. The van der Waals surface area contributed by atoms with Gasteiger partial charge in [0.05, 0.1) is 7.11 Å². The summed E-state index contributed by atoms with van der Waals surface area (Å²) in [7, 11) is -5.26. The first-order chi connectivity index (χ1) is 5.64. The Morgan fingerprint density at radius 1 is 1.46 bits per heavy atom. The maximum Gasteiger partial charge on any atom is 0.500 e. The fourth-order valence-electron chi connectivity index (χ4n) is 0.354. The first kappa shape index (κ1) is 12.2. The van der Waals surface area contributed by atoms with Crippen molar-refractivity contribution in [1.82, 2.24) is 0 Å². The Morgan fingerprint density at radius 2 is 1.85 bits per heavy atom. The minimum absolute atomic E-state index is 0.650. The minimum atomic E-state index is -5.91. The molecule has 13 heavy (non-hydrogen) atoms. The Hall–Kier alpha value is -0.830. The van der Waals surface area contributed by atoms with E-state index in [2.05, 4.69) is 4.74 Å². The zero-order valence-electron chi connectivity index (χ0n) is 6.20. The summed E-state index contributed by atoms with van der Waals surface area (Å²) in [6.45, 7) is 0. The summed E-state index contributed by atoms with van der Waals surface area (Å²) in [5.41, 5.74) is -8.90. The van der Waals surface area contributed by atoms with Crippen molar-refractivity contribution in [3.63, 3.8) is 0 Å². The fraction of sp³-hybridized carbons (Fsp3) is 0.750. The van der Waals surface area contributed by atoms with Crippen LogP contribution in [0.4, 0.5) is 13.2 Å². The SMILES string of the molecule is COC(=O)C(O)S(=O)(=O)C(F)(F)F. The van der Waals surface area contributed by atoms with Crippen molar-refractivity contribution in [3.8, 4) is 0 Å².